The molecule has 0 aromatic carbocycles. The van der Waals surface area contributed by atoms with E-state index in [1.54, 1.807) is 6.07 Å². The van der Waals surface area contributed by atoms with Crippen molar-refractivity contribution in [2.24, 2.45) is 0 Å². The second kappa shape index (κ2) is 3.87. The van der Waals surface area contributed by atoms with E-state index < -0.39 is 12.1 Å². The predicted octanol–water partition coefficient (Wildman–Crippen LogP) is 1.48. The summed E-state index contributed by atoms with van der Waals surface area (Å²) in [6.45, 7) is 0. The van der Waals surface area contributed by atoms with Crippen LogP contribution in [0.4, 0.5) is 14.6 Å². The molecule has 0 amide bonds. The lowest BCUT2D eigenvalue weighted by atomic mass is 10.2. The van der Waals surface area contributed by atoms with E-state index in [1.165, 1.54) is 13.2 Å². The van der Waals surface area contributed by atoms with Crippen molar-refractivity contribution in [1.82, 2.24) is 4.98 Å². The molecule has 0 radical (unpaired) electrons. The van der Waals surface area contributed by atoms with E-state index in [-0.39, 0.29) is 17.1 Å². The van der Waals surface area contributed by atoms with Gasteiger partial charge in [-0.05, 0) is 0 Å². The van der Waals surface area contributed by atoms with Crippen LogP contribution in [0.1, 0.15) is 17.7 Å². The summed E-state index contributed by atoms with van der Waals surface area (Å²) in [7, 11) is 1.19. The molecule has 0 unspecified atom stereocenters. The molecule has 4 nitrogen and oxygen atoms in total. The Morgan fingerprint density at radius 3 is 2.71 bits per heavy atom. The molecule has 1 aromatic rings. The Bertz CT molecular complexity index is 387. The zero-order chi connectivity index (χ0) is 10.7. The van der Waals surface area contributed by atoms with E-state index in [9.17, 15) is 8.78 Å². The summed E-state index contributed by atoms with van der Waals surface area (Å²) in [4.78, 5) is 3.40. The summed E-state index contributed by atoms with van der Waals surface area (Å²) < 4.78 is 29.5. The summed E-state index contributed by atoms with van der Waals surface area (Å²) in [5.41, 5.74) is 4.59. The maximum atomic E-state index is 12.4. The molecule has 0 aliphatic carbocycles. The van der Waals surface area contributed by atoms with Crippen molar-refractivity contribution in [2.45, 2.75) is 6.43 Å². The smallest absolute Gasteiger partial charge is 0.284 e. The van der Waals surface area contributed by atoms with Crippen LogP contribution in [0.25, 0.3) is 0 Å². The maximum Gasteiger partial charge on any atom is 0.284 e. The van der Waals surface area contributed by atoms with Crippen molar-refractivity contribution >= 4 is 5.82 Å². The normalized spacial score (nSPS) is 9.93. The number of pyridine rings is 1. The molecule has 2 N–H and O–H groups in total. The zero-order valence-corrected chi connectivity index (χ0v) is 7.29. The lowest BCUT2D eigenvalue weighted by Crippen LogP contribution is -2.02. The molecule has 0 atom stereocenters. The van der Waals surface area contributed by atoms with Crippen LogP contribution in [0.2, 0.25) is 0 Å². The van der Waals surface area contributed by atoms with Gasteiger partial charge in [-0.1, -0.05) is 0 Å². The minimum Gasteiger partial charge on any atom is -0.493 e. The highest BCUT2D eigenvalue weighted by Gasteiger charge is 2.20. The number of anilines is 1. The number of nitriles is 1. The summed E-state index contributed by atoms with van der Waals surface area (Å²) in [5.74, 6) is -0.352. The van der Waals surface area contributed by atoms with E-state index in [0.29, 0.717) is 0 Å². The molecular formula is C8H7F2N3O. The standard InChI is InChI=1S/C8H7F2N3O/c1-14-7-4(3-11)2-5(12)13-6(7)8(9)10/h2,8H,1H3,(H2,12,13). The first-order valence-corrected chi connectivity index (χ1v) is 3.62. The Labute approximate surface area is 78.9 Å². The molecule has 0 bridgehead atoms. The lowest BCUT2D eigenvalue weighted by molar-refractivity contribution is 0.141. The molecule has 1 rings (SSSR count). The van der Waals surface area contributed by atoms with Crippen molar-refractivity contribution < 1.29 is 13.5 Å². The maximum absolute atomic E-state index is 12.4. The third-order valence-corrected chi connectivity index (χ3v) is 1.55. The van der Waals surface area contributed by atoms with Gasteiger partial charge in [0.2, 0.25) is 0 Å². The molecule has 0 aliphatic heterocycles. The number of nitrogen functional groups attached to an aromatic ring is 1. The highest BCUT2D eigenvalue weighted by molar-refractivity contribution is 5.52. The number of aromatic nitrogens is 1. The number of rotatable bonds is 2. The molecule has 0 saturated heterocycles. The Hall–Kier alpha value is -1.90. The van der Waals surface area contributed by atoms with Crippen LogP contribution in [0.5, 0.6) is 5.75 Å². The van der Waals surface area contributed by atoms with Crippen LogP contribution in [-0.4, -0.2) is 12.1 Å². The summed E-state index contributed by atoms with van der Waals surface area (Å²) in [6.07, 6.45) is -2.82. The third-order valence-electron chi connectivity index (χ3n) is 1.55. The fourth-order valence-corrected chi connectivity index (χ4v) is 1.02. The molecular weight excluding hydrogens is 192 g/mol. The molecule has 1 aromatic heterocycles. The first-order chi connectivity index (χ1) is 6.60. The average molecular weight is 199 g/mol. The van der Waals surface area contributed by atoms with Gasteiger partial charge in [0.25, 0.3) is 6.43 Å². The van der Waals surface area contributed by atoms with E-state index in [2.05, 4.69) is 9.72 Å². The van der Waals surface area contributed by atoms with E-state index in [4.69, 9.17) is 11.0 Å². The van der Waals surface area contributed by atoms with Gasteiger partial charge in [-0.15, -0.1) is 0 Å². The van der Waals surface area contributed by atoms with Gasteiger partial charge < -0.3 is 10.5 Å². The van der Waals surface area contributed by atoms with Gasteiger partial charge in [-0.25, -0.2) is 13.8 Å². The summed E-state index contributed by atoms with van der Waals surface area (Å²) in [5, 5.41) is 8.62. The molecule has 0 spiro atoms. The van der Waals surface area contributed by atoms with Gasteiger partial charge in [0.05, 0.1) is 12.7 Å². The summed E-state index contributed by atoms with van der Waals surface area (Å²) in [6, 6.07) is 2.89. The van der Waals surface area contributed by atoms with E-state index in [1.807, 2.05) is 0 Å². The van der Waals surface area contributed by atoms with E-state index in [0.717, 1.165) is 0 Å². The van der Waals surface area contributed by atoms with Gasteiger partial charge >= 0.3 is 0 Å². The monoisotopic (exact) mass is 199 g/mol. The van der Waals surface area contributed by atoms with Gasteiger partial charge in [0.1, 0.15) is 11.9 Å². The number of nitrogens with zero attached hydrogens (tertiary/aromatic N) is 2. The average Bonchev–Trinajstić information content (AvgIpc) is 2.16. The fourth-order valence-electron chi connectivity index (χ4n) is 1.02. The minimum atomic E-state index is -2.82. The number of methoxy groups -OCH3 is 1. The largest absolute Gasteiger partial charge is 0.493 e. The quantitative estimate of drug-likeness (QED) is 0.782. The van der Waals surface area contributed by atoms with Crippen molar-refractivity contribution in [3.05, 3.63) is 17.3 Å². The van der Waals surface area contributed by atoms with Crippen LogP contribution in [0, 0.1) is 11.3 Å². The molecule has 0 fully saturated rings. The Kier molecular flexibility index (Phi) is 2.82. The SMILES string of the molecule is COc1c(C#N)cc(N)nc1C(F)F. The molecule has 0 saturated carbocycles. The third kappa shape index (κ3) is 1.71. The number of alkyl halides is 2. The number of hydrogen-bond donors (Lipinski definition) is 1. The van der Waals surface area contributed by atoms with Crippen LogP contribution in [0.3, 0.4) is 0 Å². The lowest BCUT2D eigenvalue weighted by Gasteiger charge is -2.08. The summed E-state index contributed by atoms with van der Waals surface area (Å²) >= 11 is 0. The van der Waals surface area contributed by atoms with E-state index >= 15 is 0 Å². The number of ether oxygens (including phenoxy) is 1. The van der Waals surface area contributed by atoms with Crippen LogP contribution >= 0.6 is 0 Å². The Balaban J connectivity index is 3.41. The number of nitrogens with two attached hydrogens (primary N) is 1. The van der Waals surface area contributed by atoms with Crippen LogP contribution in [-0.2, 0) is 0 Å². The highest BCUT2D eigenvalue weighted by Crippen LogP contribution is 2.31. The number of halogens is 2. The van der Waals surface area contributed by atoms with Crippen LogP contribution in [0.15, 0.2) is 6.07 Å². The minimum absolute atomic E-state index is 0.0460. The van der Waals surface area contributed by atoms with Gasteiger partial charge in [-0.2, -0.15) is 5.26 Å². The Morgan fingerprint density at radius 1 is 1.64 bits per heavy atom. The molecule has 0 aliphatic rings. The van der Waals surface area contributed by atoms with Crippen molar-refractivity contribution in [1.29, 1.82) is 5.26 Å². The first-order valence-electron chi connectivity index (χ1n) is 3.62. The first kappa shape index (κ1) is 10.2. The molecule has 74 valence electrons. The second-order valence-electron chi connectivity index (χ2n) is 2.43. The van der Waals surface area contributed by atoms with Crippen molar-refractivity contribution in [3.63, 3.8) is 0 Å². The van der Waals surface area contributed by atoms with Gasteiger partial charge in [0, 0.05) is 6.07 Å². The van der Waals surface area contributed by atoms with Gasteiger partial charge in [-0.3, -0.25) is 0 Å². The van der Waals surface area contributed by atoms with Crippen LogP contribution < -0.4 is 10.5 Å². The predicted molar refractivity (Wildman–Crippen MR) is 44.9 cm³/mol. The second-order valence-corrected chi connectivity index (χ2v) is 2.43. The van der Waals surface area contributed by atoms with Crippen molar-refractivity contribution in [3.8, 4) is 11.8 Å². The highest BCUT2D eigenvalue weighted by atomic mass is 19.3. The van der Waals surface area contributed by atoms with Crippen molar-refractivity contribution in [2.75, 3.05) is 12.8 Å². The molecule has 6 heteroatoms. The van der Waals surface area contributed by atoms with Gasteiger partial charge in [0.15, 0.2) is 11.4 Å². The fraction of sp³-hybridized carbons (Fsp3) is 0.250. The topological polar surface area (TPSA) is 71.9 Å². The zero-order valence-electron chi connectivity index (χ0n) is 7.29. The number of hydrogen-bond acceptors (Lipinski definition) is 4. The molecule has 1 heterocycles. The Morgan fingerprint density at radius 2 is 2.29 bits per heavy atom. The molecule has 14 heavy (non-hydrogen) atoms.